The van der Waals surface area contributed by atoms with Crippen LogP contribution in [0.4, 0.5) is 0 Å². The van der Waals surface area contributed by atoms with Crippen LogP contribution in [0.25, 0.3) is 20.5 Å². The van der Waals surface area contributed by atoms with Crippen molar-refractivity contribution < 1.29 is 19.4 Å². The molecule has 4 nitrogen and oxygen atoms in total. The van der Waals surface area contributed by atoms with E-state index in [0.717, 1.165) is 37.6 Å². The Balaban J connectivity index is 2.27. The van der Waals surface area contributed by atoms with E-state index in [0.29, 0.717) is 0 Å². The van der Waals surface area contributed by atoms with Crippen LogP contribution in [-0.2, 0) is 11.2 Å². The molecule has 0 saturated carbocycles. The quantitative estimate of drug-likeness (QED) is 0.762. The van der Waals surface area contributed by atoms with Gasteiger partial charge >= 0.3 is 5.97 Å². The lowest BCUT2D eigenvalue weighted by Gasteiger charge is -2.08. The van der Waals surface area contributed by atoms with E-state index in [1.54, 1.807) is 25.6 Å². The third-order valence-corrected chi connectivity index (χ3v) is 4.91. The normalized spacial score (nSPS) is 10.7. The highest BCUT2D eigenvalue weighted by atomic mass is 32.1. The molecule has 118 valence electrons. The summed E-state index contributed by atoms with van der Waals surface area (Å²) in [5.74, 6) is 0.640. The standard InChI is InChI=1S/C18H16O4S/c1-21-11-7-8-12-14(10-17(19)20)18(23-16(12)9-11)13-5-3-4-6-15(13)22-2/h3-9H,10H2,1-2H3,(H,19,20). The predicted molar refractivity (Wildman–Crippen MR) is 91.7 cm³/mol. The van der Waals surface area contributed by atoms with E-state index in [9.17, 15) is 9.90 Å². The molecule has 0 spiro atoms. The number of benzene rings is 2. The van der Waals surface area contributed by atoms with E-state index in [1.807, 2.05) is 42.5 Å². The summed E-state index contributed by atoms with van der Waals surface area (Å²) >= 11 is 1.55. The molecule has 0 aliphatic heterocycles. The second kappa shape index (κ2) is 6.30. The topological polar surface area (TPSA) is 55.8 Å². The molecule has 0 radical (unpaired) electrons. The van der Waals surface area contributed by atoms with Crippen molar-refractivity contribution in [1.29, 1.82) is 0 Å². The van der Waals surface area contributed by atoms with Gasteiger partial charge in [0.25, 0.3) is 0 Å². The fraction of sp³-hybridized carbons (Fsp3) is 0.167. The molecule has 23 heavy (non-hydrogen) atoms. The average molecular weight is 328 g/mol. The number of thiophene rings is 1. The first kappa shape index (κ1) is 15.4. The summed E-state index contributed by atoms with van der Waals surface area (Å²) in [4.78, 5) is 12.2. The van der Waals surface area contributed by atoms with Gasteiger partial charge in [0.05, 0.1) is 20.6 Å². The minimum absolute atomic E-state index is 0.0281. The number of hydrogen-bond acceptors (Lipinski definition) is 4. The largest absolute Gasteiger partial charge is 0.497 e. The Labute approximate surface area is 137 Å². The summed E-state index contributed by atoms with van der Waals surface area (Å²) in [6.45, 7) is 0. The number of aliphatic carboxylic acids is 1. The molecule has 3 rings (SSSR count). The van der Waals surface area contributed by atoms with Crippen LogP contribution < -0.4 is 9.47 Å². The zero-order chi connectivity index (χ0) is 16.4. The van der Waals surface area contributed by atoms with Gasteiger partial charge in [0.2, 0.25) is 0 Å². The van der Waals surface area contributed by atoms with Crippen LogP contribution >= 0.6 is 11.3 Å². The van der Waals surface area contributed by atoms with Crippen molar-refractivity contribution in [3.8, 4) is 21.9 Å². The number of hydrogen-bond donors (Lipinski definition) is 1. The SMILES string of the molecule is COc1ccc2c(CC(=O)O)c(-c3ccccc3OC)sc2c1. The zero-order valence-electron chi connectivity index (χ0n) is 12.8. The molecule has 0 bridgehead atoms. The summed E-state index contributed by atoms with van der Waals surface area (Å²) in [7, 11) is 3.24. The highest BCUT2D eigenvalue weighted by Crippen LogP contribution is 2.43. The molecule has 0 fully saturated rings. The minimum atomic E-state index is -0.850. The Morgan fingerprint density at radius 1 is 1.13 bits per heavy atom. The number of carbonyl (C=O) groups is 1. The fourth-order valence-electron chi connectivity index (χ4n) is 2.63. The van der Waals surface area contributed by atoms with E-state index in [4.69, 9.17) is 9.47 Å². The summed E-state index contributed by atoms with van der Waals surface area (Å²) < 4.78 is 11.7. The van der Waals surface area contributed by atoms with Crippen molar-refractivity contribution in [2.75, 3.05) is 14.2 Å². The van der Waals surface area contributed by atoms with Gasteiger partial charge in [-0.3, -0.25) is 4.79 Å². The highest BCUT2D eigenvalue weighted by molar-refractivity contribution is 7.22. The second-order valence-electron chi connectivity index (χ2n) is 5.04. The fourth-order valence-corrected chi connectivity index (χ4v) is 3.91. The van der Waals surface area contributed by atoms with Gasteiger partial charge in [-0.05, 0) is 41.3 Å². The van der Waals surface area contributed by atoms with Gasteiger partial charge in [0.1, 0.15) is 11.5 Å². The molecule has 1 aromatic heterocycles. The van der Waals surface area contributed by atoms with Crippen molar-refractivity contribution in [3.05, 3.63) is 48.0 Å². The van der Waals surface area contributed by atoms with Gasteiger partial charge in [-0.2, -0.15) is 0 Å². The first-order valence-electron chi connectivity index (χ1n) is 7.08. The smallest absolute Gasteiger partial charge is 0.307 e. The van der Waals surface area contributed by atoms with Crippen LogP contribution in [-0.4, -0.2) is 25.3 Å². The van der Waals surface area contributed by atoms with Crippen LogP contribution in [0.2, 0.25) is 0 Å². The maximum atomic E-state index is 11.3. The third-order valence-electron chi connectivity index (χ3n) is 3.68. The van der Waals surface area contributed by atoms with Crippen molar-refractivity contribution in [2.24, 2.45) is 0 Å². The molecule has 5 heteroatoms. The number of carboxylic acids is 1. The van der Waals surface area contributed by atoms with Crippen LogP contribution in [0.1, 0.15) is 5.56 Å². The summed E-state index contributed by atoms with van der Waals surface area (Å²) in [5.41, 5.74) is 1.72. The van der Waals surface area contributed by atoms with Crippen LogP contribution in [0, 0.1) is 0 Å². The number of methoxy groups -OCH3 is 2. The molecular weight excluding hydrogens is 312 g/mol. The van der Waals surface area contributed by atoms with Crippen LogP contribution in [0.3, 0.4) is 0 Å². The van der Waals surface area contributed by atoms with Crippen molar-refractivity contribution in [3.63, 3.8) is 0 Å². The molecule has 3 aromatic rings. The molecular formula is C18H16O4S. The molecule has 0 aliphatic rings. The summed E-state index contributed by atoms with van der Waals surface area (Å²) in [6, 6.07) is 13.4. The van der Waals surface area contributed by atoms with Crippen molar-refractivity contribution in [2.45, 2.75) is 6.42 Å². The van der Waals surface area contributed by atoms with Gasteiger partial charge in [0.15, 0.2) is 0 Å². The van der Waals surface area contributed by atoms with Gasteiger partial charge in [-0.25, -0.2) is 0 Å². The lowest BCUT2D eigenvalue weighted by Crippen LogP contribution is -2.00. The molecule has 1 N–H and O–H groups in total. The van der Waals surface area contributed by atoms with E-state index in [2.05, 4.69) is 0 Å². The predicted octanol–water partition coefficient (Wildman–Crippen LogP) is 4.21. The monoisotopic (exact) mass is 328 g/mol. The summed E-state index contributed by atoms with van der Waals surface area (Å²) in [5, 5.41) is 10.2. The number of carboxylic acid groups (broad SMARTS) is 1. The number of rotatable bonds is 5. The van der Waals surface area contributed by atoms with E-state index >= 15 is 0 Å². The van der Waals surface area contributed by atoms with E-state index < -0.39 is 5.97 Å². The first-order chi connectivity index (χ1) is 11.1. The lowest BCUT2D eigenvalue weighted by molar-refractivity contribution is -0.136. The Morgan fingerprint density at radius 3 is 2.61 bits per heavy atom. The molecule has 0 amide bonds. The number of para-hydroxylation sites is 1. The van der Waals surface area contributed by atoms with Crippen LogP contribution in [0.5, 0.6) is 11.5 Å². The molecule has 0 aliphatic carbocycles. The molecule has 0 atom stereocenters. The molecule has 0 unspecified atom stereocenters. The van der Waals surface area contributed by atoms with Gasteiger partial charge in [-0.1, -0.05) is 12.1 Å². The van der Waals surface area contributed by atoms with Crippen molar-refractivity contribution in [1.82, 2.24) is 0 Å². The van der Waals surface area contributed by atoms with Crippen LogP contribution in [0.15, 0.2) is 42.5 Å². The number of fused-ring (bicyclic) bond motifs is 1. The summed E-state index contributed by atoms with van der Waals surface area (Å²) in [6.07, 6.45) is -0.0281. The van der Waals surface area contributed by atoms with E-state index in [-0.39, 0.29) is 6.42 Å². The maximum Gasteiger partial charge on any atom is 0.307 e. The van der Waals surface area contributed by atoms with E-state index in [1.165, 1.54) is 0 Å². The van der Waals surface area contributed by atoms with Gasteiger partial charge in [-0.15, -0.1) is 11.3 Å². The Bertz CT molecular complexity index is 867. The third kappa shape index (κ3) is 2.87. The Morgan fingerprint density at radius 2 is 1.91 bits per heavy atom. The van der Waals surface area contributed by atoms with Gasteiger partial charge < -0.3 is 14.6 Å². The lowest BCUT2D eigenvalue weighted by atomic mass is 10.0. The molecule has 1 heterocycles. The first-order valence-corrected chi connectivity index (χ1v) is 7.90. The average Bonchev–Trinajstić information content (AvgIpc) is 2.91. The number of ether oxygens (including phenoxy) is 2. The Kier molecular flexibility index (Phi) is 4.21. The zero-order valence-corrected chi connectivity index (χ0v) is 13.6. The second-order valence-corrected chi connectivity index (χ2v) is 6.09. The molecule has 0 saturated heterocycles. The minimum Gasteiger partial charge on any atom is -0.497 e. The molecule has 2 aromatic carbocycles. The Hall–Kier alpha value is -2.53. The van der Waals surface area contributed by atoms with Crippen molar-refractivity contribution >= 4 is 27.4 Å². The van der Waals surface area contributed by atoms with Gasteiger partial charge in [0, 0.05) is 15.1 Å². The highest BCUT2D eigenvalue weighted by Gasteiger charge is 2.19. The maximum absolute atomic E-state index is 11.3.